The van der Waals surface area contributed by atoms with Crippen LogP contribution in [0.15, 0.2) is 0 Å². The smallest absolute Gasteiger partial charge is 0.308 e. The van der Waals surface area contributed by atoms with E-state index in [-0.39, 0.29) is 32.3 Å². The van der Waals surface area contributed by atoms with Crippen LogP contribution in [0.1, 0.15) is 50.0 Å². The Balaban J connectivity index is 3.22. The maximum atomic E-state index is 11.6. The summed E-state index contributed by atoms with van der Waals surface area (Å²) in [5.41, 5.74) is 5.92. The number of hydrogen-bond acceptors (Lipinski definition) is 2. The molecular weight excluding hydrogens is 224 g/mol. The largest absolute Gasteiger partial charge is 0.461 e. The van der Waals surface area contributed by atoms with Crippen LogP contribution < -0.4 is 0 Å². The second-order valence-corrected chi connectivity index (χ2v) is 5.07. The van der Waals surface area contributed by atoms with Crippen molar-refractivity contribution in [3.8, 4) is 0 Å². The van der Waals surface area contributed by atoms with Gasteiger partial charge in [0.05, 0.1) is 5.92 Å². The number of carbonyl (C=O) groups excluding carboxylic acids is 1. The Morgan fingerprint density at radius 1 is 1.06 bits per heavy atom. The summed E-state index contributed by atoms with van der Waals surface area (Å²) in [5, 5.41) is 0. The van der Waals surface area contributed by atoms with Crippen molar-refractivity contribution in [2.45, 2.75) is 55.0 Å². The van der Waals surface area contributed by atoms with Crippen molar-refractivity contribution >= 4 is 5.97 Å². The Labute approximate surface area is 113 Å². The van der Waals surface area contributed by atoms with Crippen molar-refractivity contribution in [2.75, 3.05) is 0 Å². The van der Waals surface area contributed by atoms with E-state index in [0.717, 1.165) is 33.4 Å². The van der Waals surface area contributed by atoms with Gasteiger partial charge in [-0.15, -0.1) is 0 Å². The Hall–Kier alpha value is -1.31. The zero-order valence-corrected chi connectivity index (χ0v) is 12.0. The lowest BCUT2D eigenvalue weighted by Crippen LogP contribution is -2.13. The van der Waals surface area contributed by atoms with Gasteiger partial charge < -0.3 is 4.74 Å². The third kappa shape index (κ3) is 2.74. The molecule has 100 valence electrons. The molecule has 0 fully saturated rings. The van der Waals surface area contributed by atoms with Crippen molar-refractivity contribution in [1.29, 1.82) is 0 Å². The second-order valence-electron chi connectivity index (χ2n) is 5.07. The highest BCUT2D eigenvalue weighted by molar-refractivity contribution is 5.71. The van der Waals surface area contributed by atoms with E-state index >= 15 is 0 Å². The monoisotopic (exact) mass is 250 g/mol. The average molecular weight is 250 g/mol. The third-order valence-corrected chi connectivity index (χ3v) is 3.55. The number of benzene rings is 1. The molecule has 18 heavy (non-hydrogen) atoms. The molecule has 0 aromatic heterocycles. The predicted octanol–water partition coefficient (Wildman–Crippen LogP) is 3.93. The Kier molecular flexibility index (Phi) is 3.63. The Morgan fingerprint density at radius 3 is 1.94 bits per heavy atom. The van der Waals surface area contributed by atoms with E-state index in [1.54, 1.807) is 0 Å². The van der Waals surface area contributed by atoms with Crippen LogP contribution in [-0.4, -0.2) is 5.97 Å². The molecule has 1 rings (SSSR count). The summed E-state index contributed by atoms with van der Waals surface area (Å²) < 4.78 is 20.7. The molecule has 1 aromatic carbocycles. The highest BCUT2D eigenvalue weighted by atomic mass is 16.5. The van der Waals surface area contributed by atoms with E-state index in [2.05, 4.69) is 0 Å². The molecule has 0 saturated heterocycles. The number of esters is 1. The highest BCUT2D eigenvalue weighted by Gasteiger charge is 2.15. The van der Waals surface area contributed by atoms with Gasteiger partial charge in [0, 0.05) is 2.74 Å². The van der Waals surface area contributed by atoms with Crippen LogP contribution in [-0.2, 0) is 16.1 Å². The van der Waals surface area contributed by atoms with Crippen molar-refractivity contribution < 1.29 is 12.3 Å². The van der Waals surface area contributed by atoms with Crippen LogP contribution in [0.25, 0.3) is 0 Å². The summed E-state index contributed by atoms with van der Waals surface area (Å²) in [5.74, 6) is -0.364. The molecule has 2 heteroatoms. The van der Waals surface area contributed by atoms with Crippen LogP contribution in [0.3, 0.4) is 0 Å². The standard InChI is InChI=1S/C16H24O2/c1-9(2)16(17)18-8-15-13(6)11(4)10(3)12(5)14(15)7/h9H,8H2,1-7H3/i4D,5D. The van der Waals surface area contributed by atoms with Gasteiger partial charge in [-0.05, 0) is 68.0 Å². The van der Waals surface area contributed by atoms with Crippen LogP contribution in [0.2, 0.25) is 0 Å². The molecule has 0 atom stereocenters. The number of hydrogen-bond donors (Lipinski definition) is 0. The van der Waals surface area contributed by atoms with Crippen molar-refractivity contribution in [3.05, 3.63) is 33.4 Å². The van der Waals surface area contributed by atoms with Gasteiger partial charge in [-0.25, -0.2) is 0 Å². The van der Waals surface area contributed by atoms with Crippen LogP contribution in [0.5, 0.6) is 0 Å². The zero-order valence-electron chi connectivity index (χ0n) is 14.0. The second kappa shape index (κ2) is 5.55. The van der Waals surface area contributed by atoms with Crippen LogP contribution in [0.4, 0.5) is 0 Å². The quantitative estimate of drug-likeness (QED) is 0.760. The predicted molar refractivity (Wildman–Crippen MR) is 74.8 cm³/mol. The Bertz CT molecular complexity index is 477. The first-order valence-corrected chi connectivity index (χ1v) is 6.20. The minimum atomic E-state index is -0.218. The zero-order chi connectivity index (χ0) is 15.4. The SMILES string of the molecule is [2H]Cc1c(C)c(C[2H])c(C)c(COC(=O)C(C)C)c1C. The molecule has 0 radical (unpaired) electrons. The summed E-state index contributed by atoms with van der Waals surface area (Å²) in [6.07, 6.45) is 0. The first kappa shape index (κ1) is 11.8. The van der Waals surface area contributed by atoms with E-state index in [0.29, 0.717) is 0 Å². The molecule has 1 aromatic rings. The fraction of sp³-hybridized carbons (Fsp3) is 0.562. The van der Waals surface area contributed by atoms with Crippen LogP contribution >= 0.6 is 0 Å². The van der Waals surface area contributed by atoms with Gasteiger partial charge in [-0.2, -0.15) is 0 Å². The van der Waals surface area contributed by atoms with Crippen molar-refractivity contribution in [3.63, 3.8) is 0 Å². The van der Waals surface area contributed by atoms with E-state index < -0.39 is 0 Å². The maximum absolute atomic E-state index is 11.6. The number of carbonyl (C=O) groups is 1. The van der Waals surface area contributed by atoms with Gasteiger partial charge >= 0.3 is 5.97 Å². The van der Waals surface area contributed by atoms with Crippen molar-refractivity contribution in [2.24, 2.45) is 5.92 Å². The van der Waals surface area contributed by atoms with Gasteiger partial charge in [0.2, 0.25) is 0 Å². The molecule has 0 spiro atoms. The lowest BCUT2D eigenvalue weighted by Gasteiger charge is -2.19. The topological polar surface area (TPSA) is 26.3 Å². The third-order valence-electron chi connectivity index (χ3n) is 3.55. The van der Waals surface area contributed by atoms with E-state index in [9.17, 15) is 4.79 Å². The van der Waals surface area contributed by atoms with Gasteiger partial charge in [0.25, 0.3) is 0 Å². The lowest BCUT2D eigenvalue weighted by molar-refractivity contribution is -0.148. The molecular formula is C16H24O2. The van der Waals surface area contributed by atoms with Gasteiger partial charge in [0.15, 0.2) is 0 Å². The maximum Gasteiger partial charge on any atom is 0.308 e. The molecule has 0 N–H and O–H groups in total. The van der Waals surface area contributed by atoms with Gasteiger partial charge in [-0.1, -0.05) is 13.8 Å². The van der Waals surface area contributed by atoms with E-state index in [4.69, 9.17) is 7.48 Å². The molecule has 0 aliphatic heterocycles. The minimum absolute atomic E-state index is 0.146. The number of rotatable bonds is 3. The fourth-order valence-electron chi connectivity index (χ4n) is 1.92. The molecule has 0 bridgehead atoms. The molecule has 0 amide bonds. The summed E-state index contributed by atoms with van der Waals surface area (Å²) in [6, 6.07) is 0. The molecule has 0 saturated carbocycles. The molecule has 2 nitrogen and oxygen atoms in total. The van der Waals surface area contributed by atoms with E-state index in [1.165, 1.54) is 0 Å². The van der Waals surface area contributed by atoms with Crippen molar-refractivity contribution in [1.82, 2.24) is 0 Å². The summed E-state index contributed by atoms with van der Waals surface area (Å²) in [6.45, 7) is 10.1. The summed E-state index contributed by atoms with van der Waals surface area (Å²) in [7, 11) is 0. The van der Waals surface area contributed by atoms with Gasteiger partial charge in [0.1, 0.15) is 6.61 Å². The summed E-state index contributed by atoms with van der Waals surface area (Å²) >= 11 is 0. The molecule has 0 unspecified atom stereocenters. The fourth-order valence-corrected chi connectivity index (χ4v) is 1.92. The summed E-state index contributed by atoms with van der Waals surface area (Å²) in [4.78, 5) is 11.6. The lowest BCUT2D eigenvalue weighted by atomic mass is 9.90. The molecule has 0 aliphatic rings. The average Bonchev–Trinajstić information content (AvgIpc) is 2.39. The molecule has 0 heterocycles. The minimum Gasteiger partial charge on any atom is -0.461 e. The highest BCUT2D eigenvalue weighted by Crippen LogP contribution is 2.26. The number of ether oxygens (including phenoxy) is 1. The molecule has 0 aliphatic carbocycles. The Morgan fingerprint density at radius 2 is 1.56 bits per heavy atom. The normalized spacial score (nSPS) is 12.3. The first-order valence-electron chi connectivity index (χ1n) is 7.62. The van der Waals surface area contributed by atoms with Crippen LogP contribution in [0, 0.1) is 40.5 Å². The van der Waals surface area contributed by atoms with E-state index in [1.807, 2.05) is 34.6 Å². The van der Waals surface area contributed by atoms with Gasteiger partial charge in [-0.3, -0.25) is 4.79 Å². The first-order chi connectivity index (χ1) is 9.34.